The molecule has 0 fully saturated rings. The molecule has 10 heteroatoms. The van der Waals surface area contributed by atoms with Gasteiger partial charge in [-0.05, 0) is 18.6 Å². The van der Waals surface area contributed by atoms with Crippen molar-refractivity contribution >= 4 is 36.6 Å². The van der Waals surface area contributed by atoms with E-state index in [1.54, 1.807) is 0 Å². The minimum atomic E-state index is -1.41. The molecule has 0 aromatic carbocycles. The summed E-state index contributed by atoms with van der Waals surface area (Å²) in [6.07, 6.45) is -0.669. The molecule has 0 aliphatic rings. The standard InChI is InChI=1S/C10H16N2O7S/c13-7(14)2-1-5(8(15)16)11-10(19)12-6(3-4-20)9(17)18/h5-6,20H,1-4H2,(H,13,14)(H,15,16)(H,17,18)(H2,11,12,19)/t5-,6?/m0/s1. The molecule has 0 saturated heterocycles. The fraction of sp³-hybridized carbons (Fsp3) is 0.600. The summed E-state index contributed by atoms with van der Waals surface area (Å²) in [7, 11) is 0. The lowest BCUT2D eigenvalue weighted by molar-refractivity contribution is -0.140. The van der Waals surface area contributed by atoms with Crippen LogP contribution in [-0.4, -0.2) is 57.1 Å². The fourth-order valence-electron chi connectivity index (χ4n) is 1.27. The second-order valence-corrected chi connectivity index (χ2v) is 4.29. The van der Waals surface area contributed by atoms with Crippen LogP contribution >= 0.6 is 12.6 Å². The number of carboxylic acid groups (broad SMARTS) is 3. The van der Waals surface area contributed by atoms with Crippen molar-refractivity contribution in [1.29, 1.82) is 0 Å². The molecule has 2 atom stereocenters. The predicted octanol–water partition coefficient (Wildman–Crippen LogP) is -0.623. The van der Waals surface area contributed by atoms with Crippen LogP contribution in [0.3, 0.4) is 0 Å². The number of urea groups is 1. The molecule has 0 aromatic heterocycles. The van der Waals surface area contributed by atoms with Crippen molar-refractivity contribution in [1.82, 2.24) is 10.6 Å². The maximum absolute atomic E-state index is 11.5. The highest BCUT2D eigenvalue weighted by atomic mass is 32.1. The largest absolute Gasteiger partial charge is 0.481 e. The van der Waals surface area contributed by atoms with E-state index in [2.05, 4.69) is 17.9 Å². The van der Waals surface area contributed by atoms with Gasteiger partial charge in [-0.2, -0.15) is 12.6 Å². The Morgan fingerprint density at radius 3 is 1.70 bits per heavy atom. The molecule has 0 radical (unpaired) electrons. The molecule has 0 bridgehead atoms. The number of aliphatic carboxylic acids is 3. The third-order valence-electron chi connectivity index (χ3n) is 2.27. The van der Waals surface area contributed by atoms with Gasteiger partial charge < -0.3 is 26.0 Å². The Bertz CT molecular complexity index is 388. The van der Waals surface area contributed by atoms with E-state index in [0.717, 1.165) is 0 Å². The zero-order valence-electron chi connectivity index (χ0n) is 10.4. The van der Waals surface area contributed by atoms with Crippen molar-refractivity contribution in [2.75, 3.05) is 5.75 Å². The number of amides is 2. The van der Waals surface area contributed by atoms with Gasteiger partial charge in [-0.25, -0.2) is 14.4 Å². The Morgan fingerprint density at radius 1 is 0.900 bits per heavy atom. The van der Waals surface area contributed by atoms with Crippen LogP contribution in [0.5, 0.6) is 0 Å². The summed E-state index contributed by atoms with van der Waals surface area (Å²) in [6, 6.07) is -3.59. The van der Waals surface area contributed by atoms with Gasteiger partial charge in [-0.15, -0.1) is 0 Å². The number of thiol groups is 1. The van der Waals surface area contributed by atoms with Gasteiger partial charge in [0.2, 0.25) is 0 Å². The van der Waals surface area contributed by atoms with Gasteiger partial charge in [-0.1, -0.05) is 0 Å². The Hall–Kier alpha value is -1.97. The van der Waals surface area contributed by atoms with Gasteiger partial charge in [0.15, 0.2) is 0 Å². The molecule has 0 aromatic rings. The highest BCUT2D eigenvalue weighted by Gasteiger charge is 2.24. The summed E-state index contributed by atoms with van der Waals surface area (Å²) in [5, 5.41) is 30.2. The van der Waals surface area contributed by atoms with E-state index in [1.807, 2.05) is 5.32 Å². The molecule has 0 spiro atoms. The maximum Gasteiger partial charge on any atom is 0.326 e. The maximum atomic E-state index is 11.5. The first-order valence-corrected chi connectivity index (χ1v) is 6.26. The van der Waals surface area contributed by atoms with Gasteiger partial charge in [-0.3, -0.25) is 4.79 Å². The molecule has 5 N–H and O–H groups in total. The van der Waals surface area contributed by atoms with Crippen LogP contribution < -0.4 is 10.6 Å². The van der Waals surface area contributed by atoms with Crippen LogP contribution in [0.2, 0.25) is 0 Å². The Kier molecular flexibility index (Phi) is 8.13. The number of carbonyl (C=O) groups is 4. The van der Waals surface area contributed by atoms with Crippen LogP contribution in [0.15, 0.2) is 0 Å². The number of carbonyl (C=O) groups excluding carboxylic acids is 1. The number of hydrogen-bond donors (Lipinski definition) is 6. The second kappa shape index (κ2) is 9.02. The van der Waals surface area contributed by atoms with E-state index in [9.17, 15) is 19.2 Å². The van der Waals surface area contributed by atoms with E-state index >= 15 is 0 Å². The molecular formula is C10H16N2O7S. The van der Waals surface area contributed by atoms with E-state index in [4.69, 9.17) is 15.3 Å². The summed E-state index contributed by atoms with van der Waals surface area (Å²) in [4.78, 5) is 43.4. The lowest BCUT2D eigenvalue weighted by Crippen LogP contribution is -2.51. The quantitative estimate of drug-likeness (QED) is 0.310. The number of hydrogen-bond acceptors (Lipinski definition) is 5. The SMILES string of the molecule is O=C(O)CC[C@H](NC(=O)NC(CCS)C(=O)O)C(=O)O. The lowest BCUT2D eigenvalue weighted by atomic mass is 10.1. The molecule has 0 rings (SSSR count). The van der Waals surface area contributed by atoms with Crippen LogP contribution in [0, 0.1) is 0 Å². The van der Waals surface area contributed by atoms with Crippen LogP contribution in [-0.2, 0) is 14.4 Å². The zero-order chi connectivity index (χ0) is 15.7. The summed E-state index contributed by atoms with van der Waals surface area (Å²) in [5.74, 6) is -3.65. The van der Waals surface area contributed by atoms with Crippen molar-refractivity contribution in [3.8, 4) is 0 Å². The topological polar surface area (TPSA) is 153 Å². The first-order valence-electron chi connectivity index (χ1n) is 5.63. The van der Waals surface area contributed by atoms with E-state index in [-0.39, 0.29) is 18.6 Å². The Balaban J connectivity index is 4.47. The molecule has 9 nitrogen and oxygen atoms in total. The molecule has 20 heavy (non-hydrogen) atoms. The van der Waals surface area contributed by atoms with Crippen LogP contribution in [0.25, 0.3) is 0 Å². The van der Waals surface area contributed by atoms with Crippen molar-refractivity contribution < 1.29 is 34.5 Å². The van der Waals surface area contributed by atoms with Gasteiger partial charge in [0, 0.05) is 6.42 Å². The van der Waals surface area contributed by atoms with Gasteiger partial charge in [0.05, 0.1) is 0 Å². The number of rotatable bonds is 9. The molecule has 0 aliphatic heterocycles. The molecule has 1 unspecified atom stereocenters. The third-order valence-corrected chi connectivity index (χ3v) is 2.53. The van der Waals surface area contributed by atoms with Gasteiger partial charge in [0.25, 0.3) is 0 Å². The van der Waals surface area contributed by atoms with Gasteiger partial charge in [0.1, 0.15) is 12.1 Å². The summed E-state index contributed by atoms with van der Waals surface area (Å²) < 4.78 is 0. The number of carboxylic acids is 3. The smallest absolute Gasteiger partial charge is 0.326 e. The monoisotopic (exact) mass is 308 g/mol. The molecule has 0 heterocycles. The highest BCUT2D eigenvalue weighted by Crippen LogP contribution is 1.99. The van der Waals surface area contributed by atoms with Crippen molar-refractivity contribution in [3.63, 3.8) is 0 Å². The third kappa shape index (κ3) is 7.46. The Morgan fingerprint density at radius 2 is 1.35 bits per heavy atom. The van der Waals surface area contributed by atoms with E-state index < -0.39 is 42.4 Å². The average molecular weight is 308 g/mol. The van der Waals surface area contributed by atoms with E-state index in [1.165, 1.54) is 0 Å². The lowest BCUT2D eigenvalue weighted by Gasteiger charge is -2.17. The first-order chi connectivity index (χ1) is 9.27. The minimum absolute atomic E-state index is 0.0682. The van der Waals surface area contributed by atoms with Crippen molar-refractivity contribution in [3.05, 3.63) is 0 Å². The molecule has 2 amide bonds. The highest BCUT2D eigenvalue weighted by molar-refractivity contribution is 7.80. The molecule has 0 saturated carbocycles. The van der Waals surface area contributed by atoms with Gasteiger partial charge >= 0.3 is 23.9 Å². The Labute approximate surface area is 119 Å². The second-order valence-electron chi connectivity index (χ2n) is 3.84. The van der Waals surface area contributed by atoms with Crippen LogP contribution in [0.4, 0.5) is 4.79 Å². The predicted molar refractivity (Wildman–Crippen MR) is 69.9 cm³/mol. The molecule has 114 valence electrons. The molecular weight excluding hydrogens is 292 g/mol. The summed E-state index contributed by atoms with van der Waals surface area (Å²) in [5.41, 5.74) is 0. The van der Waals surface area contributed by atoms with Crippen LogP contribution in [0.1, 0.15) is 19.3 Å². The average Bonchev–Trinajstić information content (AvgIpc) is 2.33. The van der Waals surface area contributed by atoms with Crippen molar-refractivity contribution in [2.45, 2.75) is 31.3 Å². The normalized spacial score (nSPS) is 13.1. The first kappa shape index (κ1) is 18.0. The summed E-state index contributed by atoms with van der Waals surface area (Å²) in [6.45, 7) is 0. The van der Waals surface area contributed by atoms with Crippen molar-refractivity contribution in [2.24, 2.45) is 0 Å². The number of nitrogens with one attached hydrogen (secondary N) is 2. The zero-order valence-corrected chi connectivity index (χ0v) is 11.3. The molecule has 0 aliphatic carbocycles. The minimum Gasteiger partial charge on any atom is -0.481 e. The summed E-state index contributed by atoms with van der Waals surface area (Å²) >= 11 is 3.84. The fourth-order valence-corrected chi connectivity index (χ4v) is 1.53. The van der Waals surface area contributed by atoms with E-state index in [0.29, 0.717) is 0 Å².